The number of aryl methyl sites for hydroxylation is 2. The topological polar surface area (TPSA) is 56.4 Å². The van der Waals surface area contributed by atoms with E-state index in [1.165, 1.54) is 24.3 Å². The molecule has 2 amide bonds. The number of hydrogen-bond acceptors (Lipinski definition) is 2. The van der Waals surface area contributed by atoms with Crippen molar-refractivity contribution in [1.82, 2.24) is 14.8 Å². The summed E-state index contributed by atoms with van der Waals surface area (Å²) in [5, 5.41) is 0. The van der Waals surface area contributed by atoms with Crippen LogP contribution in [0.2, 0.25) is 0 Å². The Morgan fingerprint density at radius 3 is 2.35 bits per heavy atom. The summed E-state index contributed by atoms with van der Waals surface area (Å²) in [5.41, 5.74) is 3.58. The van der Waals surface area contributed by atoms with Crippen LogP contribution in [-0.4, -0.2) is 52.8 Å². The minimum atomic E-state index is -0.357. The van der Waals surface area contributed by atoms with Crippen molar-refractivity contribution < 1.29 is 14.0 Å². The molecule has 3 rings (SSSR count). The minimum Gasteiger partial charge on any atom is -0.362 e. The maximum atomic E-state index is 13.0. The molecule has 0 bridgehead atoms. The first-order valence-corrected chi connectivity index (χ1v) is 8.92. The fourth-order valence-electron chi connectivity index (χ4n) is 3.39. The van der Waals surface area contributed by atoms with E-state index in [4.69, 9.17) is 0 Å². The summed E-state index contributed by atoms with van der Waals surface area (Å²) in [6.07, 6.45) is 1.12. The number of carbonyl (C=O) groups is 2. The second kappa shape index (κ2) is 7.72. The molecule has 1 aliphatic heterocycles. The Morgan fingerprint density at radius 2 is 1.69 bits per heavy atom. The zero-order valence-electron chi connectivity index (χ0n) is 15.2. The number of halogens is 1. The molecule has 26 heavy (non-hydrogen) atoms. The third kappa shape index (κ3) is 4.12. The molecule has 0 spiro atoms. The van der Waals surface area contributed by atoms with Crippen LogP contribution in [0.15, 0.2) is 30.3 Å². The molecule has 1 fully saturated rings. The van der Waals surface area contributed by atoms with Gasteiger partial charge in [-0.2, -0.15) is 0 Å². The summed E-state index contributed by atoms with van der Waals surface area (Å²) in [7, 11) is 0. The molecule has 6 heteroatoms. The van der Waals surface area contributed by atoms with Crippen molar-refractivity contribution in [3.8, 4) is 0 Å². The highest BCUT2D eigenvalue weighted by molar-refractivity contribution is 5.94. The number of aromatic amines is 1. The highest BCUT2D eigenvalue weighted by Crippen LogP contribution is 2.14. The Labute approximate surface area is 152 Å². The van der Waals surface area contributed by atoms with Crippen molar-refractivity contribution >= 4 is 11.8 Å². The summed E-state index contributed by atoms with van der Waals surface area (Å²) in [4.78, 5) is 32.0. The molecule has 1 saturated heterocycles. The van der Waals surface area contributed by atoms with Gasteiger partial charge in [0.1, 0.15) is 5.82 Å². The second-order valence-electron chi connectivity index (χ2n) is 6.81. The summed E-state index contributed by atoms with van der Waals surface area (Å²) < 4.78 is 13.0. The van der Waals surface area contributed by atoms with Gasteiger partial charge < -0.3 is 14.8 Å². The lowest BCUT2D eigenvalue weighted by Crippen LogP contribution is -2.38. The van der Waals surface area contributed by atoms with Crippen LogP contribution in [0.4, 0.5) is 4.39 Å². The third-order valence-electron chi connectivity index (χ3n) is 4.83. The SMILES string of the molecule is Cc1cc(CC(=O)N2CCCN(C(=O)c3ccc(F)cc3)CC2)c(C)[nH]1. The molecule has 1 aliphatic rings. The average Bonchev–Trinajstić information content (AvgIpc) is 2.81. The van der Waals surface area contributed by atoms with Gasteiger partial charge in [-0.15, -0.1) is 0 Å². The van der Waals surface area contributed by atoms with Gasteiger partial charge in [-0.3, -0.25) is 9.59 Å². The number of nitrogens with zero attached hydrogens (tertiary/aromatic N) is 2. The van der Waals surface area contributed by atoms with E-state index in [-0.39, 0.29) is 17.6 Å². The van der Waals surface area contributed by atoms with Crippen molar-refractivity contribution in [3.63, 3.8) is 0 Å². The molecule has 1 aromatic heterocycles. The van der Waals surface area contributed by atoms with E-state index in [1.807, 2.05) is 24.8 Å². The van der Waals surface area contributed by atoms with Gasteiger partial charge >= 0.3 is 0 Å². The predicted molar refractivity (Wildman–Crippen MR) is 97.5 cm³/mol. The van der Waals surface area contributed by atoms with Gasteiger partial charge in [0.15, 0.2) is 0 Å². The van der Waals surface area contributed by atoms with Gasteiger partial charge in [-0.25, -0.2) is 4.39 Å². The van der Waals surface area contributed by atoms with E-state index in [9.17, 15) is 14.0 Å². The van der Waals surface area contributed by atoms with Gasteiger partial charge in [0, 0.05) is 43.1 Å². The number of amides is 2. The van der Waals surface area contributed by atoms with Crippen molar-refractivity contribution in [3.05, 3.63) is 58.7 Å². The molecule has 1 N–H and O–H groups in total. The Hall–Kier alpha value is -2.63. The fourth-order valence-corrected chi connectivity index (χ4v) is 3.39. The summed E-state index contributed by atoms with van der Waals surface area (Å²) in [6.45, 7) is 6.21. The Balaban J connectivity index is 1.60. The lowest BCUT2D eigenvalue weighted by Gasteiger charge is -2.22. The highest BCUT2D eigenvalue weighted by atomic mass is 19.1. The predicted octanol–water partition coefficient (Wildman–Crippen LogP) is 2.69. The second-order valence-corrected chi connectivity index (χ2v) is 6.81. The molecule has 5 nitrogen and oxygen atoms in total. The third-order valence-corrected chi connectivity index (χ3v) is 4.83. The van der Waals surface area contributed by atoms with E-state index in [0.29, 0.717) is 38.2 Å². The van der Waals surface area contributed by atoms with Gasteiger partial charge in [0.05, 0.1) is 6.42 Å². The van der Waals surface area contributed by atoms with Gasteiger partial charge in [0.2, 0.25) is 5.91 Å². The number of benzene rings is 1. The number of aromatic nitrogens is 1. The lowest BCUT2D eigenvalue weighted by molar-refractivity contribution is -0.130. The fraction of sp³-hybridized carbons (Fsp3) is 0.400. The smallest absolute Gasteiger partial charge is 0.253 e. The Kier molecular flexibility index (Phi) is 5.40. The van der Waals surface area contributed by atoms with Crippen LogP contribution < -0.4 is 0 Å². The van der Waals surface area contributed by atoms with Crippen molar-refractivity contribution in [2.45, 2.75) is 26.7 Å². The van der Waals surface area contributed by atoms with E-state index in [2.05, 4.69) is 4.98 Å². The zero-order valence-corrected chi connectivity index (χ0v) is 15.2. The minimum absolute atomic E-state index is 0.0863. The molecule has 1 aromatic carbocycles. The van der Waals surface area contributed by atoms with Crippen molar-refractivity contribution in [1.29, 1.82) is 0 Å². The standard InChI is InChI=1S/C20H24FN3O2/c1-14-12-17(15(2)22-14)13-19(25)23-8-3-9-24(11-10-23)20(26)16-4-6-18(21)7-5-16/h4-7,12,22H,3,8-11,13H2,1-2H3. The van der Waals surface area contributed by atoms with E-state index in [1.54, 1.807) is 4.90 Å². The van der Waals surface area contributed by atoms with E-state index >= 15 is 0 Å². The summed E-state index contributed by atoms with van der Waals surface area (Å²) in [6, 6.07) is 7.60. The van der Waals surface area contributed by atoms with Gasteiger partial charge in [0.25, 0.3) is 5.91 Å². The highest BCUT2D eigenvalue weighted by Gasteiger charge is 2.23. The zero-order chi connectivity index (χ0) is 18.7. The first-order valence-electron chi connectivity index (χ1n) is 8.92. The normalized spacial score (nSPS) is 15.0. The lowest BCUT2D eigenvalue weighted by atomic mass is 10.1. The largest absolute Gasteiger partial charge is 0.362 e. The van der Waals surface area contributed by atoms with E-state index < -0.39 is 0 Å². The van der Waals surface area contributed by atoms with E-state index in [0.717, 1.165) is 23.4 Å². The first-order chi connectivity index (χ1) is 12.4. The Bertz CT molecular complexity index is 798. The average molecular weight is 357 g/mol. The number of H-pyrrole nitrogens is 1. The number of hydrogen-bond donors (Lipinski definition) is 1. The van der Waals surface area contributed by atoms with Crippen LogP contribution >= 0.6 is 0 Å². The first kappa shape index (κ1) is 18.2. The molecule has 2 heterocycles. The summed E-state index contributed by atoms with van der Waals surface area (Å²) in [5.74, 6) is -0.385. The monoisotopic (exact) mass is 357 g/mol. The summed E-state index contributed by atoms with van der Waals surface area (Å²) >= 11 is 0. The number of nitrogens with one attached hydrogen (secondary N) is 1. The molecule has 138 valence electrons. The van der Waals surface area contributed by atoms with Crippen LogP contribution in [-0.2, 0) is 11.2 Å². The molecular weight excluding hydrogens is 333 g/mol. The molecule has 0 unspecified atom stereocenters. The molecule has 0 radical (unpaired) electrons. The number of carbonyl (C=O) groups excluding carboxylic acids is 2. The molecule has 2 aromatic rings. The maximum absolute atomic E-state index is 13.0. The molecule has 0 aliphatic carbocycles. The van der Waals surface area contributed by atoms with Crippen LogP contribution in [0.25, 0.3) is 0 Å². The van der Waals surface area contributed by atoms with Crippen LogP contribution in [0.3, 0.4) is 0 Å². The van der Waals surface area contributed by atoms with Gasteiger partial charge in [-0.05, 0) is 56.2 Å². The molecular formula is C20H24FN3O2. The quantitative estimate of drug-likeness (QED) is 0.918. The van der Waals surface area contributed by atoms with Crippen LogP contribution in [0, 0.1) is 19.7 Å². The Morgan fingerprint density at radius 1 is 1.04 bits per heavy atom. The van der Waals surface area contributed by atoms with Crippen molar-refractivity contribution in [2.24, 2.45) is 0 Å². The number of rotatable bonds is 3. The molecule has 0 saturated carbocycles. The van der Waals surface area contributed by atoms with Crippen molar-refractivity contribution in [2.75, 3.05) is 26.2 Å². The maximum Gasteiger partial charge on any atom is 0.253 e. The van der Waals surface area contributed by atoms with Gasteiger partial charge in [-0.1, -0.05) is 0 Å². The van der Waals surface area contributed by atoms with Crippen LogP contribution in [0.5, 0.6) is 0 Å². The molecule has 0 atom stereocenters. The van der Waals surface area contributed by atoms with Crippen LogP contribution in [0.1, 0.15) is 33.7 Å².